The Bertz CT molecular complexity index is 310. The maximum Gasteiger partial charge on any atom is 0.303 e. The third-order valence-electron chi connectivity index (χ3n) is 5.53. The van der Waals surface area contributed by atoms with Crippen LogP contribution >= 0.6 is 0 Å². The monoisotopic (exact) mass is 596 g/mol. The Balaban J connectivity index is -0.000000163. The molecule has 0 aliphatic heterocycles. The summed E-state index contributed by atoms with van der Waals surface area (Å²) in [5.74, 6) is -0.653. The van der Waals surface area contributed by atoms with Gasteiger partial charge in [-0.3, -0.25) is 4.79 Å². The predicted molar refractivity (Wildman–Crippen MR) is 153 cm³/mol. The molecule has 0 unspecified atom stereocenters. The first-order valence-corrected chi connectivity index (χ1v) is 15.1. The number of hydrogen-bond donors (Lipinski definition) is 4. The zero-order valence-corrected chi connectivity index (χ0v) is 27.3. The van der Waals surface area contributed by atoms with Crippen molar-refractivity contribution in [3.63, 3.8) is 0 Å². The van der Waals surface area contributed by atoms with E-state index < -0.39 is 5.97 Å². The van der Waals surface area contributed by atoms with Crippen LogP contribution in [0.4, 0.5) is 0 Å². The van der Waals surface area contributed by atoms with Crippen molar-refractivity contribution in [2.75, 3.05) is 19.8 Å². The second-order valence-electron chi connectivity index (χ2n) is 9.32. The second-order valence-corrected chi connectivity index (χ2v) is 9.32. The Kier molecular flexibility index (Phi) is 66.3. The molecular formula is C30H66O5Zr. The summed E-state index contributed by atoms with van der Waals surface area (Å²) in [5.41, 5.74) is 0. The van der Waals surface area contributed by atoms with E-state index in [2.05, 4.69) is 27.7 Å². The molecule has 0 saturated heterocycles. The van der Waals surface area contributed by atoms with Gasteiger partial charge in [0.05, 0.1) is 0 Å². The van der Waals surface area contributed by atoms with Crippen LogP contribution in [0.15, 0.2) is 0 Å². The summed E-state index contributed by atoms with van der Waals surface area (Å²) < 4.78 is 0. The molecule has 0 aromatic rings. The van der Waals surface area contributed by atoms with E-state index in [4.69, 9.17) is 20.4 Å². The van der Waals surface area contributed by atoms with E-state index in [1.165, 1.54) is 83.5 Å². The summed E-state index contributed by atoms with van der Waals surface area (Å²) in [4.78, 5) is 10.3. The topological polar surface area (TPSA) is 98.0 Å². The van der Waals surface area contributed by atoms with E-state index in [0.29, 0.717) is 26.2 Å². The first-order chi connectivity index (χ1) is 17.0. The molecule has 0 aromatic carbocycles. The van der Waals surface area contributed by atoms with Gasteiger partial charge in [0, 0.05) is 52.4 Å². The van der Waals surface area contributed by atoms with Crippen molar-refractivity contribution in [1.82, 2.24) is 0 Å². The summed E-state index contributed by atoms with van der Waals surface area (Å²) in [6, 6.07) is 0. The van der Waals surface area contributed by atoms with Crippen LogP contribution in [0.1, 0.15) is 169 Å². The Hall–Kier alpha value is 0.233. The van der Waals surface area contributed by atoms with Crippen molar-refractivity contribution in [1.29, 1.82) is 0 Å². The molecule has 5 nitrogen and oxygen atoms in total. The van der Waals surface area contributed by atoms with Gasteiger partial charge in [-0.1, -0.05) is 137 Å². The molecule has 0 saturated carbocycles. The number of aliphatic hydroxyl groups excluding tert-OH is 3. The van der Waals surface area contributed by atoms with Crippen molar-refractivity contribution in [2.24, 2.45) is 0 Å². The third-order valence-corrected chi connectivity index (χ3v) is 5.53. The molecule has 0 aromatic heterocycles. The molecule has 4 N–H and O–H groups in total. The molecule has 36 heavy (non-hydrogen) atoms. The van der Waals surface area contributed by atoms with Gasteiger partial charge in [-0.15, -0.1) is 0 Å². The average Bonchev–Trinajstić information content (AvgIpc) is 2.84. The molecule has 0 radical (unpaired) electrons. The van der Waals surface area contributed by atoms with Crippen molar-refractivity contribution >= 4 is 5.97 Å². The van der Waals surface area contributed by atoms with E-state index in [0.717, 1.165) is 51.4 Å². The maximum atomic E-state index is 10.3. The number of carboxylic acid groups (broad SMARTS) is 1. The zero-order chi connectivity index (χ0) is 27.3. The van der Waals surface area contributed by atoms with Crippen molar-refractivity contribution in [3.05, 3.63) is 0 Å². The molecule has 0 aliphatic rings. The smallest absolute Gasteiger partial charge is 0.303 e. The minimum Gasteiger partial charge on any atom is -0.481 e. The maximum absolute atomic E-state index is 10.3. The Morgan fingerprint density at radius 3 is 0.806 bits per heavy atom. The summed E-state index contributed by atoms with van der Waals surface area (Å²) in [6.07, 6.45) is 26.3. The summed E-state index contributed by atoms with van der Waals surface area (Å²) in [7, 11) is 0. The van der Waals surface area contributed by atoms with Crippen molar-refractivity contribution in [3.8, 4) is 0 Å². The van der Waals surface area contributed by atoms with E-state index in [9.17, 15) is 4.79 Å². The Morgan fingerprint density at radius 1 is 0.417 bits per heavy atom. The number of aliphatic hydroxyl groups is 3. The van der Waals surface area contributed by atoms with Crippen molar-refractivity contribution < 1.29 is 51.4 Å². The van der Waals surface area contributed by atoms with Gasteiger partial charge in [0.15, 0.2) is 0 Å². The Labute approximate surface area is 245 Å². The molecule has 0 heterocycles. The van der Waals surface area contributed by atoms with Gasteiger partial charge in [-0.25, -0.2) is 0 Å². The van der Waals surface area contributed by atoms with Crippen LogP contribution < -0.4 is 0 Å². The molecular weight excluding hydrogens is 532 g/mol. The number of rotatable bonds is 22. The second kappa shape index (κ2) is 51.8. The van der Waals surface area contributed by atoms with Gasteiger partial charge in [0.1, 0.15) is 0 Å². The normalized spacial score (nSPS) is 9.53. The van der Waals surface area contributed by atoms with Gasteiger partial charge >= 0.3 is 5.97 Å². The molecule has 220 valence electrons. The molecule has 0 aliphatic carbocycles. The number of carbonyl (C=O) groups is 1. The molecule has 0 amide bonds. The first kappa shape index (κ1) is 46.1. The predicted octanol–water partition coefficient (Wildman–Crippen LogP) is 8.67. The van der Waals surface area contributed by atoms with E-state index in [1.807, 2.05) is 0 Å². The average molecular weight is 598 g/mol. The number of hydrogen-bond acceptors (Lipinski definition) is 4. The van der Waals surface area contributed by atoms with E-state index >= 15 is 0 Å². The number of aliphatic carboxylic acids is 1. The third kappa shape index (κ3) is 70.0. The van der Waals surface area contributed by atoms with Gasteiger partial charge in [0.25, 0.3) is 0 Å². The summed E-state index contributed by atoms with van der Waals surface area (Å²) in [6.45, 7) is 9.46. The molecule has 0 fully saturated rings. The summed E-state index contributed by atoms with van der Waals surface area (Å²) >= 11 is 0. The first-order valence-electron chi connectivity index (χ1n) is 15.1. The zero-order valence-electron chi connectivity index (χ0n) is 24.9. The molecule has 0 spiro atoms. The fourth-order valence-electron chi connectivity index (χ4n) is 3.12. The van der Waals surface area contributed by atoms with E-state index in [-0.39, 0.29) is 26.2 Å². The van der Waals surface area contributed by atoms with Crippen LogP contribution in [-0.2, 0) is 31.0 Å². The molecule has 6 heteroatoms. The van der Waals surface area contributed by atoms with Crippen LogP contribution in [0.5, 0.6) is 0 Å². The quantitative estimate of drug-likeness (QED) is 0.0936. The van der Waals surface area contributed by atoms with Gasteiger partial charge in [0.2, 0.25) is 0 Å². The van der Waals surface area contributed by atoms with E-state index in [1.54, 1.807) is 0 Å². The van der Waals surface area contributed by atoms with Crippen LogP contribution in [0, 0.1) is 0 Å². The van der Waals surface area contributed by atoms with Gasteiger partial charge < -0.3 is 20.4 Å². The number of carboxylic acids is 1. The fourth-order valence-corrected chi connectivity index (χ4v) is 3.12. The molecule has 0 atom stereocenters. The largest absolute Gasteiger partial charge is 0.481 e. The summed E-state index contributed by atoms with van der Waals surface area (Å²) in [5, 5.41) is 32.7. The van der Waals surface area contributed by atoms with Crippen molar-refractivity contribution in [2.45, 2.75) is 169 Å². The van der Waals surface area contributed by atoms with Gasteiger partial charge in [-0.05, 0) is 25.7 Å². The fraction of sp³-hybridized carbons (Fsp3) is 0.967. The molecule has 0 rings (SSSR count). The standard InChI is InChI=1S/C18H36O2.3C4H10O.Zr/c1-2-3-4-5-6-7-8-9-10-11-12-13-14-15-16-17-18(19)20;3*1-2-3-4-5;/h2-17H2,1H3,(H,19,20);3*5H,2-4H2,1H3;. The molecule has 0 bridgehead atoms. The van der Waals surface area contributed by atoms with Crippen LogP contribution in [-0.4, -0.2) is 46.2 Å². The SMILES string of the molecule is CCCCCCCCCCCCCCCCCC(=O)O.CCCCO.CCCCO.CCCCO.[Zr]. The Morgan fingerprint density at radius 2 is 0.639 bits per heavy atom. The van der Waals surface area contributed by atoms with Gasteiger partial charge in [-0.2, -0.15) is 0 Å². The minimum absolute atomic E-state index is 0. The van der Waals surface area contributed by atoms with Crippen LogP contribution in [0.2, 0.25) is 0 Å². The van der Waals surface area contributed by atoms with Crippen LogP contribution in [0.3, 0.4) is 0 Å². The number of unbranched alkanes of at least 4 members (excludes halogenated alkanes) is 17. The van der Waals surface area contributed by atoms with Crippen LogP contribution in [0.25, 0.3) is 0 Å². The minimum atomic E-state index is -0.653.